The molecule has 0 bridgehead atoms. The first-order valence-electron chi connectivity index (χ1n) is 9.34. The summed E-state index contributed by atoms with van der Waals surface area (Å²) in [5.74, 6) is 0.874. The Labute approximate surface area is 173 Å². The zero-order valence-electron chi connectivity index (χ0n) is 16.5. The van der Waals surface area contributed by atoms with Gasteiger partial charge in [-0.25, -0.2) is 8.42 Å². The van der Waals surface area contributed by atoms with Gasteiger partial charge < -0.3 is 9.26 Å². The molecule has 0 spiro atoms. The molecule has 10 heteroatoms. The van der Waals surface area contributed by atoms with Gasteiger partial charge in [-0.05, 0) is 42.8 Å². The monoisotopic (exact) mass is 428 g/mol. The number of nitrogens with zero attached hydrogens (tertiary/aromatic N) is 3. The number of carbonyl (C=O) groups is 1. The Morgan fingerprint density at radius 2 is 2.03 bits per heavy atom. The lowest BCUT2D eigenvalue weighted by Gasteiger charge is -2.28. The fourth-order valence-electron chi connectivity index (χ4n) is 3.08. The molecule has 1 aromatic heterocycles. The highest BCUT2D eigenvalue weighted by Crippen LogP contribution is 2.35. The Kier molecular flexibility index (Phi) is 5.17. The SMILES string of the molecule is CCc1nc(CN2C(=O)COc3ccc(S(=O)(=O)Nc4cccc(C)c4)cc32)no1. The van der Waals surface area contributed by atoms with E-state index in [1.807, 2.05) is 19.9 Å². The normalized spacial score (nSPS) is 13.7. The second-order valence-corrected chi connectivity index (χ2v) is 8.51. The maximum atomic E-state index is 12.9. The first-order chi connectivity index (χ1) is 14.4. The van der Waals surface area contributed by atoms with E-state index in [-0.39, 0.29) is 24.0 Å². The van der Waals surface area contributed by atoms with E-state index >= 15 is 0 Å². The molecule has 1 amide bonds. The standard InChI is InChI=1S/C20H20N4O5S/c1-3-19-21-18(22-29-19)11-24-16-10-15(7-8-17(16)28-12-20(24)25)30(26,27)23-14-6-4-5-13(2)9-14/h4-10,23H,3,11-12H2,1-2H3. The number of ether oxygens (including phenoxy) is 1. The van der Waals surface area contributed by atoms with Crippen LogP contribution in [0.4, 0.5) is 11.4 Å². The minimum atomic E-state index is -3.87. The maximum absolute atomic E-state index is 12.9. The van der Waals surface area contributed by atoms with Crippen LogP contribution >= 0.6 is 0 Å². The quantitative estimate of drug-likeness (QED) is 0.642. The van der Waals surface area contributed by atoms with Crippen molar-refractivity contribution in [1.82, 2.24) is 10.1 Å². The summed E-state index contributed by atoms with van der Waals surface area (Å²) < 4.78 is 38.9. The minimum Gasteiger partial charge on any atom is -0.482 e. The van der Waals surface area contributed by atoms with Gasteiger partial charge in [-0.15, -0.1) is 0 Å². The van der Waals surface area contributed by atoms with Gasteiger partial charge in [0.05, 0.1) is 17.1 Å². The molecule has 0 saturated heterocycles. The van der Waals surface area contributed by atoms with Crippen molar-refractivity contribution in [3.8, 4) is 5.75 Å². The number of aryl methyl sites for hydroxylation is 2. The largest absolute Gasteiger partial charge is 0.482 e. The highest BCUT2D eigenvalue weighted by Gasteiger charge is 2.29. The number of nitrogens with one attached hydrogen (secondary N) is 1. The summed E-state index contributed by atoms with van der Waals surface area (Å²) in [7, 11) is -3.87. The molecule has 4 rings (SSSR count). The average molecular weight is 428 g/mol. The molecule has 2 heterocycles. The van der Waals surface area contributed by atoms with E-state index in [2.05, 4.69) is 14.9 Å². The van der Waals surface area contributed by atoms with Crippen LogP contribution in [0.2, 0.25) is 0 Å². The van der Waals surface area contributed by atoms with Crippen LogP contribution in [-0.2, 0) is 27.8 Å². The zero-order valence-corrected chi connectivity index (χ0v) is 17.3. The molecule has 0 saturated carbocycles. The molecule has 1 N–H and O–H groups in total. The summed E-state index contributed by atoms with van der Waals surface area (Å²) >= 11 is 0. The van der Waals surface area contributed by atoms with Crippen molar-refractivity contribution in [1.29, 1.82) is 0 Å². The van der Waals surface area contributed by atoms with E-state index in [1.54, 1.807) is 18.2 Å². The predicted octanol–water partition coefficient (Wildman–Crippen LogP) is 2.67. The van der Waals surface area contributed by atoms with Gasteiger partial charge in [0.15, 0.2) is 12.4 Å². The lowest BCUT2D eigenvalue weighted by atomic mass is 10.2. The molecule has 9 nitrogen and oxygen atoms in total. The summed E-state index contributed by atoms with van der Waals surface area (Å²) in [6.45, 7) is 3.65. The molecular weight excluding hydrogens is 408 g/mol. The molecule has 0 atom stereocenters. The van der Waals surface area contributed by atoms with Crippen molar-refractivity contribution in [2.75, 3.05) is 16.2 Å². The fraction of sp³-hybridized carbons (Fsp3) is 0.250. The second-order valence-electron chi connectivity index (χ2n) is 6.83. The van der Waals surface area contributed by atoms with E-state index in [4.69, 9.17) is 9.26 Å². The van der Waals surface area contributed by atoms with Crippen LogP contribution < -0.4 is 14.4 Å². The van der Waals surface area contributed by atoms with Crippen LogP contribution in [-0.4, -0.2) is 31.1 Å². The average Bonchev–Trinajstić information content (AvgIpc) is 3.17. The molecule has 0 unspecified atom stereocenters. The van der Waals surface area contributed by atoms with Gasteiger partial charge in [0.25, 0.3) is 15.9 Å². The number of hydrogen-bond acceptors (Lipinski definition) is 7. The topological polar surface area (TPSA) is 115 Å². The summed E-state index contributed by atoms with van der Waals surface area (Å²) in [5, 5.41) is 3.87. The first kappa shape index (κ1) is 19.9. The number of anilines is 2. The van der Waals surface area contributed by atoms with Crippen LogP contribution in [0.15, 0.2) is 51.9 Å². The number of hydrogen-bond donors (Lipinski definition) is 1. The Morgan fingerprint density at radius 3 is 2.77 bits per heavy atom. The third-order valence-corrected chi connectivity index (χ3v) is 5.95. The molecule has 3 aromatic rings. The van der Waals surface area contributed by atoms with Gasteiger partial charge in [-0.3, -0.25) is 14.4 Å². The van der Waals surface area contributed by atoms with Crippen LogP contribution in [0, 0.1) is 6.92 Å². The summed E-state index contributed by atoms with van der Waals surface area (Å²) in [4.78, 5) is 18.1. The van der Waals surface area contributed by atoms with Gasteiger partial charge >= 0.3 is 0 Å². The predicted molar refractivity (Wildman–Crippen MR) is 109 cm³/mol. The van der Waals surface area contributed by atoms with Crippen LogP contribution in [0.5, 0.6) is 5.75 Å². The zero-order chi connectivity index (χ0) is 21.3. The fourth-order valence-corrected chi connectivity index (χ4v) is 4.15. The van der Waals surface area contributed by atoms with E-state index < -0.39 is 10.0 Å². The number of amides is 1. The lowest BCUT2D eigenvalue weighted by Crippen LogP contribution is -2.38. The molecule has 0 radical (unpaired) electrons. The Hall–Kier alpha value is -3.40. The van der Waals surface area contributed by atoms with Crippen molar-refractivity contribution in [2.45, 2.75) is 31.7 Å². The summed E-state index contributed by atoms with van der Waals surface area (Å²) in [6, 6.07) is 11.4. The molecule has 156 valence electrons. The van der Waals surface area contributed by atoms with Crippen molar-refractivity contribution in [2.24, 2.45) is 0 Å². The minimum absolute atomic E-state index is 0.00779. The number of aromatic nitrogens is 2. The summed E-state index contributed by atoms with van der Waals surface area (Å²) in [5.41, 5.74) is 1.72. The van der Waals surface area contributed by atoms with Crippen LogP contribution in [0.3, 0.4) is 0 Å². The highest BCUT2D eigenvalue weighted by molar-refractivity contribution is 7.92. The maximum Gasteiger partial charge on any atom is 0.265 e. The smallest absolute Gasteiger partial charge is 0.265 e. The second kappa shape index (κ2) is 7.79. The molecule has 2 aromatic carbocycles. The number of sulfonamides is 1. The highest BCUT2D eigenvalue weighted by atomic mass is 32.2. The Morgan fingerprint density at radius 1 is 1.20 bits per heavy atom. The number of carbonyl (C=O) groups excluding carboxylic acids is 1. The van der Waals surface area contributed by atoms with E-state index in [0.29, 0.717) is 35.3 Å². The van der Waals surface area contributed by atoms with Crippen molar-refractivity contribution in [3.05, 3.63) is 59.7 Å². The molecule has 30 heavy (non-hydrogen) atoms. The first-order valence-corrected chi connectivity index (χ1v) is 10.8. The van der Waals surface area contributed by atoms with Gasteiger partial charge in [0.1, 0.15) is 5.75 Å². The molecule has 1 aliphatic rings. The number of fused-ring (bicyclic) bond motifs is 1. The molecule has 0 aliphatic carbocycles. The summed E-state index contributed by atoms with van der Waals surface area (Å²) in [6.07, 6.45) is 0.577. The molecular formula is C20H20N4O5S. The third kappa shape index (κ3) is 3.99. The Balaban J connectivity index is 1.66. The lowest BCUT2D eigenvalue weighted by molar-refractivity contribution is -0.121. The van der Waals surface area contributed by atoms with Crippen molar-refractivity contribution in [3.63, 3.8) is 0 Å². The van der Waals surface area contributed by atoms with Gasteiger partial charge in [0.2, 0.25) is 5.89 Å². The Bertz CT molecular complexity index is 1210. The van der Waals surface area contributed by atoms with E-state index in [0.717, 1.165) is 5.56 Å². The third-order valence-electron chi connectivity index (χ3n) is 4.57. The van der Waals surface area contributed by atoms with Crippen molar-refractivity contribution >= 4 is 27.3 Å². The molecule has 1 aliphatic heterocycles. The van der Waals surface area contributed by atoms with Crippen LogP contribution in [0.25, 0.3) is 0 Å². The molecule has 0 fully saturated rings. The number of rotatable bonds is 6. The van der Waals surface area contributed by atoms with E-state index in [9.17, 15) is 13.2 Å². The van der Waals surface area contributed by atoms with E-state index in [1.165, 1.54) is 23.1 Å². The van der Waals surface area contributed by atoms with Crippen LogP contribution in [0.1, 0.15) is 24.2 Å². The van der Waals surface area contributed by atoms with Gasteiger partial charge in [0, 0.05) is 12.1 Å². The van der Waals surface area contributed by atoms with Crippen molar-refractivity contribution < 1.29 is 22.5 Å². The number of benzene rings is 2. The van der Waals surface area contributed by atoms with Gasteiger partial charge in [-0.2, -0.15) is 4.98 Å². The van der Waals surface area contributed by atoms with Gasteiger partial charge in [-0.1, -0.05) is 24.2 Å².